The van der Waals surface area contributed by atoms with E-state index in [1.807, 2.05) is 18.2 Å². The van der Waals surface area contributed by atoms with Gasteiger partial charge >= 0.3 is 0 Å². The van der Waals surface area contributed by atoms with Crippen LogP contribution < -0.4 is 10.2 Å². The number of carbonyl (C=O) groups excluding carboxylic acids is 1. The minimum Gasteiger partial charge on any atom is -0.372 e. The molecule has 0 saturated carbocycles. The lowest BCUT2D eigenvalue weighted by atomic mass is 10.1. The molecule has 2 aromatic carbocycles. The van der Waals surface area contributed by atoms with Crippen molar-refractivity contribution in [2.24, 2.45) is 0 Å². The number of aromatic nitrogens is 1. The maximum atomic E-state index is 12.7. The number of anilines is 1. The van der Waals surface area contributed by atoms with E-state index in [4.69, 9.17) is 11.6 Å². The fourth-order valence-electron chi connectivity index (χ4n) is 3.65. The van der Waals surface area contributed by atoms with Crippen molar-refractivity contribution in [2.45, 2.75) is 33.6 Å². The first-order chi connectivity index (χ1) is 13.6. The number of carbonyl (C=O) groups is 1. The summed E-state index contributed by atoms with van der Waals surface area (Å²) in [6.07, 6.45) is 1.58. The van der Waals surface area contributed by atoms with Gasteiger partial charge in [0, 0.05) is 41.2 Å². The van der Waals surface area contributed by atoms with E-state index in [1.54, 1.807) is 0 Å². The van der Waals surface area contributed by atoms with E-state index in [-0.39, 0.29) is 5.91 Å². The number of rotatable bonds is 8. The van der Waals surface area contributed by atoms with Crippen LogP contribution in [-0.2, 0) is 12.8 Å². The monoisotopic (exact) mass is 397 g/mol. The number of aryl methyl sites for hydroxylation is 1. The summed E-state index contributed by atoms with van der Waals surface area (Å²) in [5.41, 5.74) is 5.05. The average molecular weight is 398 g/mol. The molecular weight excluding hydrogens is 370 g/mol. The van der Waals surface area contributed by atoms with Crippen molar-refractivity contribution >= 4 is 34.1 Å². The maximum Gasteiger partial charge on any atom is 0.268 e. The summed E-state index contributed by atoms with van der Waals surface area (Å²) in [7, 11) is 0. The molecule has 3 aromatic rings. The first kappa shape index (κ1) is 20.3. The van der Waals surface area contributed by atoms with Gasteiger partial charge in [0.15, 0.2) is 0 Å². The van der Waals surface area contributed by atoms with Crippen LogP contribution in [0.3, 0.4) is 0 Å². The summed E-state index contributed by atoms with van der Waals surface area (Å²) < 4.78 is 0. The largest absolute Gasteiger partial charge is 0.372 e. The number of fused-ring (bicyclic) bond motifs is 1. The summed E-state index contributed by atoms with van der Waals surface area (Å²) in [6.45, 7) is 8.98. The second kappa shape index (κ2) is 9.16. The molecule has 0 atom stereocenters. The Balaban J connectivity index is 1.64. The molecule has 28 heavy (non-hydrogen) atoms. The smallest absolute Gasteiger partial charge is 0.268 e. The van der Waals surface area contributed by atoms with E-state index in [2.05, 4.69) is 60.2 Å². The molecule has 3 rings (SSSR count). The molecular formula is C23H28ClN3O. The van der Waals surface area contributed by atoms with Gasteiger partial charge in [0.2, 0.25) is 0 Å². The van der Waals surface area contributed by atoms with Crippen LogP contribution in [0, 0.1) is 0 Å². The number of benzene rings is 2. The van der Waals surface area contributed by atoms with E-state index in [0.717, 1.165) is 42.4 Å². The molecule has 1 amide bonds. The highest BCUT2D eigenvalue weighted by atomic mass is 35.5. The Labute approximate surface area is 171 Å². The van der Waals surface area contributed by atoms with Gasteiger partial charge in [0.05, 0.1) is 0 Å². The Morgan fingerprint density at radius 2 is 1.79 bits per heavy atom. The van der Waals surface area contributed by atoms with Gasteiger partial charge in [0.1, 0.15) is 5.69 Å². The number of hydrogen-bond acceptors (Lipinski definition) is 2. The van der Waals surface area contributed by atoms with E-state index in [9.17, 15) is 4.79 Å². The fourth-order valence-corrected chi connectivity index (χ4v) is 3.82. The first-order valence-electron chi connectivity index (χ1n) is 9.99. The van der Waals surface area contributed by atoms with Gasteiger partial charge in [-0.2, -0.15) is 0 Å². The molecule has 0 unspecified atom stereocenters. The zero-order valence-corrected chi connectivity index (χ0v) is 17.6. The Morgan fingerprint density at radius 1 is 1.07 bits per heavy atom. The van der Waals surface area contributed by atoms with Crippen LogP contribution in [0.25, 0.3) is 10.9 Å². The number of hydrogen-bond donors (Lipinski definition) is 2. The normalized spacial score (nSPS) is 11.0. The van der Waals surface area contributed by atoms with E-state index < -0.39 is 0 Å². The van der Waals surface area contributed by atoms with E-state index in [0.29, 0.717) is 17.3 Å². The molecule has 0 aliphatic heterocycles. The molecule has 5 heteroatoms. The molecule has 0 spiro atoms. The molecule has 2 N–H and O–H groups in total. The zero-order chi connectivity index (χ0) is 20.1. The van der Waals surface area contributed by atoms with Crippen LogP contribution >= 0.6 is 11.6 Å². The second-order valence-corrected chi connectivity index (χ2v) is 7.30. The van der Waals surface area contributed by atoms with Gasteiger partial charge in [-0.05, 0) is 68.1 Å². The minimum absolute atomic E-state index is 0.0658. The lowest BCUT2D eigenvalue weighted by molar-refractivity contribution is 0.0949. The molecule has 0 aliphatic carbocycles. The van der Waals surface area contributed by atoms with E-state index >= 15 is 0 Å². The highest BCUT2D eigenvalue weighted by molar-refractivity contribution is 6.31. The summed E-state index contributed by atoms with van der Waals surface area (Å²) >= 11 is 6.12. The molecule has 0 radical (unpaired) electrons. The summed E-state index contributed by atoms with van der Waals surface area (Å²) in [5.74, 6) is -0.0658. The fraction of sp³-hybridized carbons (Fsp3) is 0.348. The van der Waals surface area contributed by atoms with Crippen LogP contribution in [0.15, 0.2) is 42.5 Å². The average Bonchev–Trinajstić information content (AvgIpc) is 3.07. The topological polar surface area (TPSA) is 48.1 Å². The van der Waals surface area contributed by atoms with Crippen molar-refractivity contribution in [3.05, 3.63) is 64.3 Å². The number of halogens is 1. The molecule has 1 heterocycles. The number of aromatic amines is 1. The molecule has 0 bridgehead atoms. The number of nitrogens with zero attached hydrogens (tertiary/aromatic N) is 1. The SMILES string of the molecule is CCc1c(C(=O)NCCc2ccc(N(CC)CC)cc2)[nH]c2ccc(Cl)cc12. The summed E-state index contributed by atoms with van der Waals surface area (Å²) in [4.78, 5) is 18.3. The van der Waals surface area contributed by atoms with Crippen LogP contribution in [-0.4, -0.2) is 30.5 Å². The van der Waals surface area contributed by atoms with Gasteiger partial charge in [-0.25, -0.2) is 0 Å². The lowest BCUT2D eigenvalue weighted by Gasteiger charge is -2.21. The molecule has 4 nitrogen and oxygen atoms in total. The third-order valence-electron chi connectivity index (χ3n) is 5.21. The van der Waals surface area contributed by atoms with Gasteiger partial charge < -0.3 is 15.2 Å². The van der Waals surface area contributed by atoms with Gasteiger partial charge in [-0.3, -0.25) is 4.79 Å². The summed E-state index contributed by atoms with van der Waals surface area (Å²) in [6, 6.07) is 14.3. The predicted molar refractivity (Wildman–Crippen MR) is 119 cm³/mol. The van der Waals surface area contributed by atoms with Gasteiger partial charge in [0.25, 0.3) is 5.91 Å². The Hall–Kier alpha value is -2.46. The number of H-pyrrole nitrogens is 1. The van der Waals surface area contributed by atoms with Crippen molar-refractivity contribution in [1.82, 2.24) is 10.3 Å². The van der Waals surface area contributed by atoms with Gasteiger partial charge in [-0.15, -0.1) is 0 Å². The highest BCUT2D eigenvalue weighted by Gasteiger charge is 2.16. The van der Waals surface area contributed by atoms with Crippen LogP contribution in [0.4, 0.5) is 5.69 Å². The molecule has 0 aliphatic rings. The standard InChI is InChI=1S/C23H28ClN3O/c1-4-19-20-15-17(24)9-12-21(20)26-22(19)23(28)25-14-13-16-7-10-18(11-8-16)27(5-2)6-3/h7-12,15,26H,4-6,13-14H2,1-3H3,(H,25,28). The van der Waals surface area contributed by atoms with Crippen molar-refractivity contribution in [3.8, 4) is 0 Å². The number of amides is 1. The lowest BCUT2D eigenvalue weighted by Crippen LogP contribution is -2.27. The summed E-state index contributed by atoms with van der Waals surface area (Å²) in [5, 5.41) is 4.75. The quantitative estimate of drug-likeness (QED) is 0.548. The van der Waals surface area contributed by atoms with Crippen LogP contribution in [0.2, 0.25) is 5.02 Å². The zero-order valence-electron chi connectivity index (χ0n) is 16.8. The molecule has 0 saturated heterocycles. The molecule has 1 aromatic heterocycles. The Bertz CT molecular complexity index is 942. The Morgan fingerprint density at radius 3 is 2.43 bits per heavy atom. The third kappa shape index (κ3) is 4.33. The highest BCUT2D eigenvalue weighted by Crippen LogP contribution is 2.26. The Kier molecular flexibility index (Phi) is 6.63. The second-order valence-electron chi connectivity index (χ2n) is 6.87. The molecule has 0 fully saturated rings. The molecule has 148 valence electrons. The van der Waals surface area contributed by atoms with Crippen LogP contribution in [0.5, 0.6) is 0 Å². The van der Waals surface area contributed by atoms with Crippen molar-refractivity contribution in [2.75, 3.05) is 24.5 Å². The first-order valence-corrected chi connectivity index (χ1v) is 10.4. The van der Waals surface area contributed by atoms with Gasteiger partial charge in [-0.1, -0.05) is 30.7 Å². The van der Waals surface area contributed by atoms with Crippen molar-refractivity contribution < 1.29 is 4.79 Å². The predicted octanol–water partition coefficient (Wildman–Crippen LogP) is 5.20. The third-order valence-corrected chi connectivity index (χ3v) is 5.45. The van der Waals surface area contributed by atoms with Crippen molar-refractivity contribution in [3.63, 3.8) is 0 Å². The van der Waals surface area contributed by atoms with Crippen LogP contribution in [0.1, 0.15) is 42.4 Å². The minimum atomic E-state index is -0.0658. The number of nitrogens with one attached hydrogen (secondary N) is 2. The maximum absolute atomic E-state index is 12.7. The van der Waals surface area contributed by atoms with E-state index in [1.165, 1.54) is 11.3 Å². The van der Waals surface area contributed by atoms with Crippen molar-refractivity contribution in [1.29, 1.82) is 0 Å².